The van der Waals surface area contributed by atoms with Gasteiger partial charge in [0, 0.05) is 6.54 Å². The van der Waals surface area contributed by atoms with Gasteiger partial charge in [0.25, 0.3) is 0 Å². The average Bonchev–Trinajstić information content (AvgIpc) is 2.27. The fourth-order valence-corrected chi connectivity index (χ4v) is 2.20. The van der Waals surface area contributed by atoms with E-state index in [-0.39, 0.29) is 11.4 Å². The van der Waals surface area contributed by atoms with Crippen molar-refractivity contribution in [2.45, 2.75) is 46.5 Å². The smallest absolute Gasteiger partial charge is 0.313 e. The quantitative estimate of drug-likeness (QED) is 0.733. The standard InChI is InChI=1S/C13H25NO2/c1-4-6-11(2)9-16-12(15)13(3)7-5-8-14-10-13/h11,14H,4-10H2,1-3H3. The van der Waals surface area contributed by atoms with Crippen LogP contribution < -0.4 is 5.32 Å². The van der Waals surface area contributed by atoms with Gasteiger partial charge in [0.05, 0.1) is 12.0 Å². The molecule has 0 amide bonds. The zero-order valence-corrected chi connectivity index (χ0v) is 10.8. The van der Waals surface area contributed by atoms with Gasteiger partial charge < -0.3 is 10.1 Å². The summed E-state index contributed by atoms with van der Waals surface area (Å²) >= 11 is 0. The normalized spacial score (nSPS) is 27.4. The maximum absolute atomic E-state index is 12.0. The summed E-state index contributed by atoms with van der Waals surface area (Å²) in [5.41, 5.74) is -0.301. The second kappa shape index (κ2) is 6.24. The molecule has 0 aromatic carbocycles. The second-order valence-corrected chi connectivity index (χ2v) is 5.33. The Morgan fingerprint density at radius 1 is 1.56 bits per heavy atom. The largest absolute Gasteiger partial charge is 0.465 e. The molecular formula is C13H25NO2. The Labute approximate surface area is 98.9 Å². The van der Waals surface area contributed by atoms with Crippen LogP contribution in [0.15, 0.2) is 0 Å². The van der Waals surface area contributed by atoms with E-state index in [1.54, 1.807) is 0 Å². The third-order valence-corrected chi connectivity index (χ3v) is 3.37. The first-order valence-corrected chi connectivity index (χ1v) is 6.46. The minimum atomic E-state index is -0.301. The van der Waals surface area contributed by atoms with E-state index >= 15 is 0 Å². The number of ether oxygens (including phenoxy) is 1. The Kier molecular flexibility index (Phi) is 5.26. The van der Waals surface area contributed by atoms with Crippen molar-refractivity contribution < 1.29 is 9.53 Å². The van der Waals surface area contributed by atoms with Crippen LogP contribution in [0.1, 0.15) is 46.5 Å². The van der Waals surface area contributed by atoms with Gasteiger partial charge in [0.15, 0.2) is 0 Å². The average molecular weight is 227 g/mol. The van der Waals surface area contributed by atoms with Crippen molar-refractivity contribution >= 4 is 5.97 Å². The zero-order chi connectivity index (χ0) is 12.0. The highest BCUT2D eigenvalue weighted by Crippen LogP contribution is 2.27. The molecule has 0 aromatic heterocycles. The highest BCUT2D eigenvalue weighted by Gasteiger charge is 2.36. The third kappa shape index (κ3) is 3.78. The van der Waals surface area contributed by atoms with Crippen molar-refractivity contribution in [3.05, 3.63) is 0 Å². The Bertz CT molecular complexity index is 222. The number of piperidine rings is 1. The summed E-state index contributed by atoms with van der Waals surface area (Å²) in [6, 6.07) is 0. The van der Waals surface area contributed by atoms with E-state index in [1.807, 2.05) is 6.92 Å². The number of carbonyl (C=O) groups is 1. The number of esters is 1. The summed E-state index contributed by atoms with van der Waals surface area (Å²) < 4.78 is 5.42. The number of nitrogens with one attached hydrogen (secondary N) is 1. The van der Waals surface area contributed by atoms with E-state index in [9.17, 15) is 4.79 Å². The van der Waals surface area contributed by atoms with Crippen molar-refractivity contribution in [2.24, 2.45) is 11.3 Å². The molecule has 3 heteroatoms. The van der Waals surface area contributed by atoms with Crippen molar-refractivity contribution in [1.82, 2.24) is 5.32 Å². The van der Waals surface area contributed by atoms with Gasteiger partial charge in [-0.25, -0.2) is 0 Å². The lowest BCUT2D eigenvalue weighted by molar-refractivity contribution is -0.157. The van der Waals surface area contributed by atoms with Crippen LogP contribution in [0.4, 0.5) is 0 Å². The van der Waals surface area contributed by atoms with Gasteiger partial charge in [-0.3, -0.25) is 4.79 Å². The first-order valence-electron chi connectivity index (χ1n) is 6.46. The topological polar surface area (TPSA) is 38.3 Å². The molecule has 1 saturated heterocycles. The van der Waals surface area contributed by atoms with Crippen LogP contribution in [0.25, 0.3) is 0 Å². The van der Waals surface area contributed by atoms with Gasteiger partial charge in [-0.15, -0.1) is 0 Å². The summed E-state index contributed by atoms with van der Waals surface area (Å²) in [6.07, 6.45) is 4.29. The number of carbonyl (C=O) groups excluding carboxylic acids is 1. The fraction of sp³-hybridized carbons (Fsp3) is 0.923. The lowest BCUT2D eigenvalue weighted by Crippen LogP contribution is -2.44. The summed E-state index contributed by atoms with van der Waals surface area (Å²) in [4.78, 5) is 12.0. The van der Waals surface area contributed by atoms with E-state index in [0.717, 1.165) is 38.8 Å². The van der Waals surface area contributed by atoms with E-state index in [4.69, 9.17) is 4.74 Å². The van der Waals surface area contributed by atoms with Gasteiger partial charge in [-0.1, -0.05) is 20.3 Å². The van der Waals surface area contributed by atoms with Crippen LogP contribution >= 0.6 is 0 Å². The van der Waals surface area contributed by atoms with Crippen LogP contribution in [0.5, 0.6) is 0 Å². The van der Waals surface area contributed by atoms with Crippen molar-refractivity contribution in [1.29, 1.82) is 0 Å². The molecule has 0 aromatic rings. The fourth-order valence-electron chi connectivity index (χ4n) is 2.20. The molecule has 2 unspecified atom stereocenters. The molecule has 94 valence electrons. The predicted octanol–water partition coefficient (Wildman–Crippen LogP) is 2.36. The Morgan fingerprint density at radius 2 is 2.31 bits per heavy atom. The van der Waals surface area contributed by atoms with Crippen molar-refractivity contribution in [3.63, 3.8) is 0 Å². The molecule has 16 heavy (non-hydrogen) atoms. The summed E-state index contributed by atoms with van der Waals surface area (Å²) in [5, 5.41) is 3.27. The van der Waals surface area contributed by atoms with Gasteiger partial charge in [0.1, 0.15) is 0 Å². The molecule has 0 saturated carbocycles. The molecule has 0 aliphatic carbocycles. The van der Waals surface area contributed by atoms with Gasteiger partial charge in [-0.05, 0) is 38.6 Å². The molecule has 1 aliphatic rings. The lowest BCUT2D eigenvalue weighted by atomic mass is 9.83. The van der Waals surface area contributed by atoms with E-state index < -0.39 is 0 Å². The predicted molar refractivity (Wildman–Crippen MR) is 65.2 cm³/mol. The molecular weight excluding hydrogens is 202 g/mol. The first kappa shape index (κ1) is 13.5. The Hall–Kier alpha value is -0.570. The molecule has 0 spiro atoms. The minimum absolute atomic E-state index is 0.0253. The van der Waals surface area contributed by atoms with E-state index in [2.05, 4.69) is 19.2 Å². The minimum Gasteiger partial charge on any atom is -0.465 e. The maximum Gasteiger partial charge on any atom is 0.313 e. The molecule has 0 radical (unpaired) electrons. The van der Waals surface area contributed by atoms with Gasteiger partial charge in [-0.2, -0.15) is 0 Å². The van der Waals surface area contributed by atoms with E-state index in [0.29, 0.717) is 12.5 Å². The first-order chi connectivity index (χ1) is 7.58. The maximum atomic E-state index is 12.0. The highest BCUT2D eigenvalue weighted by molar-refractivity contribution is 5.76. The summed E-state index contributed by atoms with van der Waals surface area (Å²) in [6.45, 7) is 8.65. The third-order valence-electron chi connectivity index (χ3n) is 3.37. The van der Waals surface area contributed by atoms with Crippen LogP contribution in [-0.2, 0) is 9.53 Å². The Morgan fingerprint density at radius 3 is 2.88 bits per heavy atom. The summed E-state index contributed by atoms with van der Waals surface area (Å²) in [7, 11) is 0. The van der Waals surface area contributed by atoms with Gasteiger partial charge >= 0.3 is 5.97 Å². The van der Waals surface area contributed by atoms with Crippen molar-refractivity contribution in [3.8, 4) is 0 Å². The molecule has 3 nitrogen and oxygen atoms in total. The van der Waals surface area contributed by atoms with Crippen LogP contribution in [-0.4, -0.2) is 25.7 Å². The highest BCUT2D eigenvalue weighted by atomic mass is 16.5. The monoisotopic (exact) mass is 227 g/mol. The van der Waals surface area contributed by atoms with Crippen molar-refractivity contribution in [2.75, 3.05) is 19.7 Å². The molecule has 2 atom stereocenters. The van der Waals surface area contributed by atoms with Gasteiger partial charge in [0.2, 0.25) is 0 Å². The van der Waals surface area contributed by atoms with E-state index in [1.165, 1.54) is 0 Å². The number of hydrogen-bond acceptors (Lipinski definition) is 3. The molecule has 0 bridgehead atoms. The van der Waals surface area contributed by atoms with Crippen LogP contribution in [0, 0.1) is 11.3 Å². The van der Waals surface area contributed by atoms with Crippen LogP contribution in [0.2, 0.25) is 0 Å². The molecule has 1 rings (SSSR count). The molecule has 1 N–H and O–H groups in total. The second-order valence-electron chi connectivity index (χ2n) is 5.33. The molecule has 1 aliphatic heterocycles. The summed E-state index contributed by atoms with van der Waals surface area (Å²) in [5.74, 6) is 0.455. The van der Waals surface area contributed by atoms with Crippen LogP contribution in [0.3, 0.4) is 0 Å². The zero-order valence-electron chi connectivity index (χ0n) is 10.8. The molecule has 1 heterocycles. The molecule has 1 fully saturated rings. The number of rotatable bonds is 5. The number of hydrogen-bond donors (Lipinski definition) is 1. The Balaban J connectivity index is 2.33. The lowest BCUT2D eigenvalue weighted by Gasteiger charge is -2.32. The SMILES string of the molecule is CCCC(C)COC(=O)C1(C)CCCNC1.